The van der Waals surface area contributed by atoms with Crippen LogP contribution in [0.15, 0.2) is 60.8 Å². The maximum Gasteiger partial charge on any atom is 0.306 e. The van der Waals surface area contributed by atoms with Crippen molar-refractivity contribution in [3.8, 4) is 0 Å². The molecule has 1 saturated heterocycles. The van der Waals surface area contributed by atoms with E-state index in [-0.39, 0.29) is 19.4 Å². The first kappa shape index (κ1) is 70.4. The highest BCUT2D eigenvalue weighted by Gasteiger charge is 2.47. The molecule has 11 heteroatoms. The fraction of sp³-hybridized carbons (Fsp3) is 0.812. The first-order chi connectivity index (χ1) is 36.7. The summed E-state index contributed by atoms with van der Waals surface area (Å²) in [4.78, 5) is 26.5. The highest BCUT2D eigenvalue weighted by atomic mass is 16.7. The summed E-state index contributed by atoms with van der Waals surface area (Å²) in [5, 5.41) is 56.9. The molecule has 8 unspecified atom stereocenters. The van der Waals surface area contributed by atoms with Gasteiger partial charge in [-0.2, -0.15) is 0 Å². The van der Waals surface area contributed by atoms with Gasteiger partial charge in [0.25, 0.3) is 0 Å². The minimum atomic E-state index is -1.62. The van der Waals surface area contributed by atoms with Gasteiger partial charge in [-0.15, -0.1) is 0 Å². The Morgan fingerprint density at radius 2 is 0.960 bits per heavy atom. The van der Waals surface area contributed by atoms with Crippen molar-refractivity contribution < 1.29 is 49.3 Å². The second kappa shape index (κ2) is 52.1. The van der Waals surface area contributed by atoms with Crippen LogP contribution in [0.4, 0.5) is 0 Å². The number of amides is 1. The summed E-state index contributed by atoms with van der Waals surface area (Å²) >= 11 is 0. The van der Waals surface area contributed by atoms with Crippen molar-refractivity contribution in [2.45, 2.75) is 320 Å². The first-order valence-electron chi connectivity index (χ1n) is 31.1. The van der Waals surface area contributed by atoms with E-state index in [1.807, 2.05) is 6.08 Å². The number of aliphatic hydroxyl groups is 5. The van der Waals surface area contributed by atoms with E-state index in [1.54, 1.807) is 6.08 Å². The normalized spacial score (nSPS) is 19.6. The molecule has 0 saturated carbocycles. The van der Waals surface area contributed by atoms with Crippen LogP contribution < -0.4 is 5.32 Å². The molecule has 11 nitrogen and oxygen atoms in total. The van der Waals surface area contributed by atoms with Crippen LogP contribution >= 0.6 is 0 Å². The first-order valence-corrected chi connectivity index (χ1v) is 31.1. The Hall–Kier alpha value is -2.64. The molecule has 1 fully saturated rings. The van der Waals surface area contributed by atoms with Crippen LogP contribution in [0.5, 0.6) is 0 Å². The highest BCUT2D eigenvalue weighted by molar-refractivity contribution is 5.80. The standard InChI is InChI=1S/C64H115NO10/c1-4-7-10-13-16-19-22-25-26-27-28-29-30-31-32-34-37-40-43-46-49-52-59(69)75-62-61(71)60(70)58(53-66)74-64(62)73-54-55(56(67)50-47-44-41-38-35-24-21-18-15-12-9-6-3)65-63(72)57(68)51-48-45-42-39-36-33-23-20-17-14-11-8-5-2/h8,11,16-17,19-20,25-26,47,50,55-58,60-62,64,66-68,70-71H,4-7,9-10,12-15,18,21-24,27-46,48-49,51-54H2,1-3H3,(H,65,72)/b11-8+,19-16-,20-17+,26-25-,50-47+. The van der Waals surface area contributed by atoms with Gasteiger partial charge in [0.1, 0.15) is 24.4 Å². The summed E-state index contributed by atoms with van der Waals surface area (Å²) in [7, 11) is 0. The number of carbonyl (C=O) groups is 2. The van der Waals surface area contributed by atoms with Crippen molar-refractivity contribution in [3.63, 3.8) is 0 Å². The number of esters is 1. The molecule has 1 aliphatic heterocycles. The molecule has 1 heterocycles. The third-order valence-electron chi connectivity index (χ3n) is 14.4. The molecule has 8 atom stereocenters. The molecule has 0 radical (unpaired) electrons. The third-order valence-corrected chi connectivity index (χ3v) is 14.4. The number of unbranched alkanes of at least 4 members (excludes halogenated alkanes) is 30. The van der Waals surface area contributed by atoms with Gasteiger partial charge in [0, 0.05) is 6.42 Å². The van der Waals surface area contributed by atoms with E-state index in [1.165, 1.54) is 128 Å². The lowest BCUT2D eigenvalue weighted by molar-refractivity contribution is -0.305. The Kier molecular flexibility index (Phi) is 48.9. The number of aliphatic hydroxyl groups excluding tert-OH is 5. The zero-order chi connectivity index (χ0) is 54.7. The topological polar surface area (TPSA) is 175 Å². The largest absolute Gasteiger partial charge is 0.454 e. The van der Waals surface area contributed by atoms with Crippen molar-refractivity contribution in [1.82, 2.24) is 5.32 Å². The molecular formula is C64H115NO10. The van der Waals surface area contributed by atoms with E-state index >= 15 is 0 Å². The molecular weight excluding hydrogens is 943 g/mol. The van der Waals surface area contributed by atoms with Crippen LogP contribution in [0.25, 0.3) is 0 Å². The van der Waals surface area contributed by atoms with Gasteiger partial charge in [0.2, 0.25) is 5.91 Å². The van der Waals surface area contributed by atoms with Crippen molar-refractivity contribution in [2.24, 2.45) is 0 Å². The van der Waals surface area contributed by atoms with Gasteiger partial charge in [-0.1, -0.05) is 242 Å². The maximum absolute atomic E-state index is 13.4. The average Bonchev–Trinajstić information content (AvgIpc) is 3.41. The molecule has 0 aromatic heterocycles. The minimum Gasteiger partial charge on any atom is -0.454 e. The molecule has 0 aromatic rings. The molecule has 1 amide bonds. The Morgan fingerprint density at radius 1 is 0.533 bits per heavy atom. The molecule has 75 heavy (non-hydrogen) atoms. The van der Waals surface area contributed by atoms with Crippen molar-refractivity contribution in [2.75, 3.05) is 13.2 Å². The summed E-state index contributed by atoms with van der Waals surface area (Å²) in [5.74, 6) is -1.20. The quantitative estimate of drug-likeness (QED) is 0.0195. The number of nitrogens with one attached hydrogen (secondary N) is 1. The predicted molar refractivity (Wildman–Crippen MR) is 310 cm³/mol. The summed E-state index contributed by atoms with van der Waals surface area (Å²) in [5.41, 5.74) is 0. The smallest absolute Gasteiger partial charge is 0.306 e. The van der Waals surface area contributed by atoms with Gasteiger partial charge >= 0.3 is 5.97 Å². The Morgan fingerprint density at radius 3 is 1.45 bits per heavy atom. The lowest BCUT2D eigenvalue weighted by Crippen LogP contribution is -2.61. The van der Waals surface area contributed by atoms with E-state index in [0.29, 0.717) is 12.8 Å². The number of hydrogen-bond acceptors (Lipinski definition) is 10. The fourth-order valence-corrected chi connectivity index (χ4v) is 9.48. The molecule has 1 rings (SSSR count). The molecule has 0 aromatic carbocycles. The summed E-state index contributed by atoms with van der Waals surface area (Å²) < 4.78 is 17.6. The van der Waals surface area contributed by atoms with Crippen LogP contribution in [-0.2, 0) is 23.8 Å². The van der Waals surface area contributed by atoms with Crippen molar-refractivity contribution in [3.05, 3.63) is 60.8 Å². The van der Waals surface area contributed by atoms with E-state index < -0.39 is 67.4 Å². The van der Waals surface area contributed by atoms with E-state index in [2.05, 4.69) is 74.7 Å². The third kappa shape index (κ3) is 40.2. The van der Waals surface area contributed by atoms with Gasteiger partial charge in [0.15, 0.2) is 12.4 Å². The molecule has 0 spiro atoms. The zero-order valence-corrected chi connectivity index (χ0v) is 48.2. The number of hydrogen-bond donors (Lipinski definition) is 6. The summed E-state index contributed by atoms with van der Waals surface area (Å²) in [6, 6.07) is -1.03. The average molecular weight is 1060 g/mol. The van der Waals surface area contributed by atoms with Gasteiger partial charge < -0.3 is 45.1 Å². The molecule has 436 valence electrons. The van der Waals surface area contributed by atoms with Crippen LogP contribution in [0.3, 0.4) is 0 Å². The lowest BCUT2D eigenvalue weighted by Gasteiger charge is -2.41. The molecule has 1 aliphatic rings. The Labute approximate surface area is 458 Å². The zero-order valence-electron chi connectivity index (χ0n) is 48.2. The highest BCUT2D eigenvalue weighted by Crippen LogP contribution is 2.26. The number of allylic oxidation sites excluding steroid dienone is 9. The molecule has 0 aliphatic carbocycles. The summed E-state index contributed by atoms with van der Waals surface area (Å²) in [6.07, 6.45) is 54.0. The van der Waals surface area contributed by atoms with Crippen molar-refractivity contribution >= 4 is 11.9 Å². The predicted octanol–water partition coefficient (Wildman–Crippen LogP) is 14.6. The monoisotopic (exact) mass is 1060 g/mol. The Balaban J connectivity index is 2.65. The second-order valence-electron chi connectivity index (χ2n) is 21.4. The fourth-order valence-electron chi connectivity index (χ4n) is 9.48. The van der Waals surface area contributed by atoms with E-state index in [0.717, 1.165) is 96.3 Å². The number of ether oxygens (including phenoxy) is 3. The number of carbonyl (C=O) groups excluding carboxylic acids is 2. The van der Waals surface area contributed by atoms with Crippen LogP contribution in [0, 0.1) is 0 Å². The van der Waals surface area contributed by atoms with Crippen LogP contribution in [0.1, 0.15) is 271 Å². The SMILES string of the molecule is CC/C=C/C/C=C/CCCCCCCCC(O)C(=O)NC(COC1OC(CO)C(O)C(O)C1OC(=O)CCCCCCCCCCCCC/C=C\C/C=C\CCCCC)C(O)/C=C/CCCCCCCCCCCC. The summed E-state index contributed by atoms with van der Waals surface area (Å²) in [6.45, 7) is 5.65. The van der Waals surface area contributed by atoms with E-state index in [9.17, 15) is 35.1 Å². The van der Waals surface area contributed by atoms with E-state index in [4.69, 9.17) is 14.2 Å². The van der Waals surface area contributed by atoms with Crippen LogP contribution in [0.2, 0.25) is 0 Å². The van der Waals surface area contributed by atoms with Gasteiger partial charge in [-0.25, -0.2) is 0 Å². The Bertz CT molecular complexity index is 1450. The molecule has 0 bridgehead atoms. The van der Waals surface area contributed by atoms with Crippen molar-refractivity contribution in [1.29, 1.82) is 0 Å². The number of rotatable bonds is 52. The van der Waals surface area contributed by atoms with Gasteiger partial charge in [-0.3, -0.25) is 9.59 Å². The maximum atomic E-state index is 13.4. The van der Waals surface area contributed by atoms with Crippen LogP contribution in [-0.4, -0.2) is 99.6 Å². The van der Waals surface area contributed by atoms with Gasteiger partial charge in [-0.05, 0) is 83.5 Å². The van der Waals surface area contributed by atoms with Gasteiger partial charge in [0.05, 0.1) is 25.4 Å². The minimum absolute atomic E-state index is 0.120. The second-order valence-corrected chi connectivity index (χ2v) is 21.4. The molecule has 6 N–H and O–H groups in total. The lowest BCUT2D eigenvalue weighted by atomic mass is 9.99.